The Hall–Kier alpha value is -1.19. The number of halogens is 1. The topological polar surface area (TPSA) is 58.5 Å². The third kappa shape index (κ3) is 5.90. The zero-order chi connectivity index (χ0) is 19.1. The average molecular weight is 514 g/mol. The molecule has 3 rings (SSSR count). The van der Waals surface area contributed by atoms with E-state index in [1.54, 1.807) is 11.3 Å². The van der Waals surface area contributed by atoms with Crippen LogP contribution < -0.4 is 10.6 Å². The van der Waals surface area contributed by atoms with Crippen LogP contribution in [0.4, 0.5) is 0 Å². The Morgan fingerprint density at radius 3 is 2.50 bits per heavy atom. The number of benzene rings is 1. The van der Waals surface area contributed by atoms with Gasteiger partial charge in [-0.1, -0.05) is 30.3 Å². The Balaban J connectivity index is 0.00000280. The zero-order valence-electron chi connectivity index (χ0n) is 17.0. The monoisotopic (exact) mass is 514 g/mol. The van der Waals surface area contributed by atoms with Crippen molar-refractivity contribution in [2.45, 2.75) is 45.6 Å². The number of nitrogens with zero attached hydrogens (tertiary/aromatic N) is 2. The second-order valence-corrected chi connectivity index (χ2v) is 8.34. The molecule has 0 atom stereocenters. The SMILES string of the molecule is CCNC(=NCc1sc(C)nc1C)NCC1(c2ccccc2)CCOCC1.I. The van der Waals surface area contributed by atoms with Crippen LogP contribution in [0.5, 0.6) is 0 Å². The molecule has 1 aliphatic heterocycles. The Morgan fingerprint density at radius 2 is 1.89 bits per heavy atom. The van der Waals surface area contributed by atoms with E-state index in [9.17, 15) is 0 Å². The fourth-order valence-electron chi connectivity index (χ4n) is 3.59. The summed E-state index contributed by atoms with van der Waals surface area (Å²) in [5.74, 6) is 0.866. The van der Waals surface area contributed by atoms with Crippen molar-refractivity contribution in [1.29, 1.82) is 0 Å². The van der Waals surface area contributed by atoms with Gasteiger partial charge >= 0.3 is 0 Å². The Kier molecular flexibility index (Phi) is 9.17. The van der Waals surface area contributed by atoms with Crippen LogP contribution in [-0.4, -0.2) is 37.2 Å². The molecule has 0 spiro atoms. The third-order valence-corrected chi connectivity index (χ3v) is 6.21. The first kappa shape index (κ1) is 23.1. The van der Waals surface area contributed by atoms with Crippen LogP contribution in [0.1, 0.15) is 40.9 Å². The van der Waals surface area contributed by atoms with E-state index in [2.05, 4.69) is 59.8 Å². The smallest absolute Gasteiger partial charge is 0.191 e. The van der Waals surface area contributed by atoms with Gasteiger partial charge in [0.1, 0.15) is 0 Å². The lowest BCUT2D eigenvalue weighted by Crippen LogP contribution is -2.48. The molecular formula is C21H31IN4OS. The first-order valence-corrected chi connectivity index (χ1v) is 10.5. The number of hydrogen-bond donors (Lipinski definition) is 2. The molecule has 1 fully saturated rings. The van der Waals surface area contributed by atoms with Gasteiger partial charge in [0, 0.05) is 36.6 Å². The molecule has 1 aromatic carbocycles. The number of aromatic nitrogens is 1. The third-order valence-electron chi connectivity index (χ3n) is 5.15. The molecule has 0 saturated carbocycles. The molecule has 2 heterocycles. The first-order chi connectivity index (χ1) is 13.1. The van der Waals surface area contributed by atoms with Gasteiger partial charge in [-0.05, 0) is 39.2 Å². The van der Waals surface area contributed by atoms with Gasteiger partial charge in [-0.25, -0.2) is 9.98 Å². The summed E-state index contributed by atoms with van der Waals surface area (Å²) >= 11 is 1.73. The highest BCUT2D eigenvalue weighted by Gasteiger charge is 2.34. The maximum Gasteiger partial charge on any atom is 0.191 e. The van der Waals surface area contributed by atoms with E-state index < -0.39 is 0 Å². The lowest BCUT2D eigenvalue weighted by atomic mass is 9.74. The van der Waals surface area contributed by atoms with Crippen molar-refractivity contribution in [3.8, 4) is 0 Å². The second-order valence-electron chi connectivity index (χ2n) is 7.05. The van der Waals surface area contributed by atoms with Crippen LogP contribution in [-0.2, 0) is 16.7 Å². The summed E-state index contributed by atoms with van der Waals surface area (Å²) < 4.78 is 5.64. The highest BCUT2D eigenvalue weighted by molar-refractivity contribution is 14.0. The summed E-state index contributed by atoms with van der Waals surface area (Å²) in [7, 11) is 0. The van der Waals surface area contributed by atoms with E-state index in [1.165, 1.54) is 10.4 Å². The molecular weight excluding hydrogens is 483 g/mol. The summed E-state index contributed by atoms with van der Waals surface area (Å²) in [4.78, 5) is 10.5. The molecule has 154 valence electrons. The summed E-state index contributed by atoms with van der Waals surface area (Å²) in [6, 6.07) is 10.8. The summed E-state index contributed by atoms with van der Waals surface area (Å²) in [6.45, 7) is 10.2. The number of hydrogen-bond acceptors (Lipinski definition) is 4. The highest BCUT2D eigenvalue weighted by atomic mass is 127. The zero-order valence-corrected chi connectivity index (χ0v) is 20.1. The van der Waals surface area contributed by atoms with E-state index in [-0.39, 0.29) is 29.4 Å². The molecule has 1 aromatic heterocycles. The molecule has 1 saturated heterocycles. The molecule has 28 heavy (non-hydrogen) atoms. The Morgan fingerprint density at radius 1 is 1.18 bits per heavy atom. The van der Waals surface area contributed by atoms with E-state index in [0.717, 1.165) is 55.8 Å². The number of aryl methyl sites for hydroxylation is 2. The maximum atomic E-state index is 5.64. The van der Waals surface area contributed by atoms with E-state index in [4.69, 9.17) is 9.73 Å². The second kappa shape index (κ2) is 11.1. The van der Waals surface area contributed by atoms with Gasteiger partial charge in [0.05, 0.1) is 17.2 Å². The quantitative estimate of drug-likeness (QED) is 0.345. The van der Waals surface area contributed by atoms with Crippen molar-refractivity contribution in [3.05, 3.63) is 51.5 Å². The molecule has 0 amide bonds. The van der Waals surface area contributed by atoms with Crippen LogP contribution in [0.15, 0.2) is 35.3 Å². The molecule has 0 bridgehead atoms. The molecule has 0 radical (unpaired) electrons. The summed E-state index contributed by atoms with van der Waals surface area (Å²) in [5, 5.41) is 8.07. The Bertz CT molecular complexity index is 757. The summed E-state index contributed by atoms with van der Waals surface area (Å²) in [5.41, 5.74) is 2.56. The van der Waals surface area contributed by atoms with Crippen molar-refractivity contribution in [3.63, 3.8) is 0 Å². The van der Waals surface area contributed by atoms with Crippen molar-refractivity contribution in [1.82, 2.24) is 15.6 Å². The average Bonchev–Trinajstić information content (AvgIpc) is 3.02. The normalized spacial score (nSPS) is 16.3. The van der Waals surface area contributed by atoms with Crippen molar-refractivity contribution in [2.75, 3.05) is 26.3 Å². The molecule has 2 aromatic rings. The molecule has 2 N–H and O–H groups in total. The van der Waals surface area contributed by atoms with Crippen molar-refractivity contribution < 1.29 is 4.74 Å². The van der Waals surface area contributed by atoms with Crippen LogP contribution in [0, 0.1) is 13.8 Å². The van der Waals surface area contributed by atoms with Gasteiger partial charge in [0.25, 0.3) is 0 Å². The fraction of sp³-hybridized carbons (Fsp3) is 0.524. The number of aliphatic imine (C=N–C) groups is 1. The Labute approximate surface area is 189 Å². The lowest BCUT2D eigenvalue weighted by molar-refractivity contribution is 0.0514. The van der Waals surface area contributed by atoms with E-state index in [0.29, 0.717) is 6.54 Å². The van der Waals surface area contributed by atoms with Gasteiger partial charge in [-0.15, -0.1) is 35.3 Å². The number of guanidine groups is 1. The standard InChI is InChI=1S/C21H30N4OS.HI/c1-4-22-20(23-14-19-16(2)25-17(3)27-19)24-15-21(10-12-26-13-11-21)18-8-6-5-7-9-18;/h5-9H,4,10-15H2,1-3H3,(H2,22,23,24);1H. The molecule has 0 aliphatic carbocycles. The number of thiazole rings is 1. The predicted molar refractivity (Wildman–Crippen MR) is 128 cm³/mol. The molecule has 7 heteroatoms. The van der Waals surface area contributed by atoms with Gasteiger partial charge in [-0.2, -0.15) is 0 Å². The number of rotatable bonds is 6. The van der Waals surface area contributed by atoms with E-state index in [1.807, 2.05) is 6.92 Å². The minimum absolute atomic E-state index is 0. The van der Waals surface area contributed by atoms with Crippen LogP contribution >= 0.6 is 35.3 Å². The van der Waals surface area contributed by atoms with Crippen molar-refractivity contribution in [2.24, 2.45) is 4.99 Å². The maximum absolute atomic E-state index is 5.64. The largest absolute Gasteiger partial charge is 0.381 e. The summed E-state index contributed by atoms with van der Waals surface area (Å²) in [6.07, 6.45) is 2.05. The van der Waals surface area contributed by atoms with Gasteiger partial charge < -0.3 is 15.4 Å². The first-order valence-electron chi connectivity index (χ1n) is 9.71. The van der Waals surface area contributed by atoms with Crippen molar-refractivity contribution >= 4 is 41.3 Å². The number of ether oxygens (including phenoxy) is 1. The molecule has 0 unspecified atom stereocenters. The van der Waals surface area contributed by atoms with Gasteiger partial charge in [0.15, 0.2) is 5.96 Å². The molecule has 5 nitrogen and oxygen atoms in total. The van der Waals surface area contributed by atoms with Crippen LogP contribution in [0.25, 0.3) is 0 Å². The molecule has 1 aliphatic rings. The predicted octanol–water partition coefficient (Wildman–Crippen LogP) is 4.18. The highest BCUT2D eigenvalue weighted by Crippen LogP contribution is 2.34. The lowest BCUT2D eigenvalue weighted by Gasteiger charge is -2.38. The van der Waals surface area contributed by atoms with Gasteiger partial charge in [0.2, 0.25) is 0 Å². The minimum Gasteiger partial charge on any atom is -0.381 e. The van der Waals surface area contributed by atoms with Gasteiger partial charge in [-0.3, -0.25) is 0 Å². The van der Waals surface area contributed by atoms with Crippen LogP contribution in [0.2, 0.25) is 0 Å². The van der Waals surface area contributed by atoms with Crippen LogP contribution in [0.3, 0.4) is 0 Å². The fourth-order valence-corrected chi connectivity index (χ4v) is 4.45. The minimum atomic E-state index is 0. The number of nitrogens with one attached hydrogen (secondary N) is 2. The van der Waals surface area contributed by atoms with E-state index >= 15 is 0 Å².